The topological polar surface area (TPSA) is 89.2 Å². The van der Waals surface area contributed by atoms with Crippen molar-refractivity contribution in [2.75, 3.05) is 17.3 Å². The van der Waals surface area contributed by atoms with Gasteiger partial charge in [-0.05, 0) is 17.5 Å². The summed E-state index contributed by atoms with van der Waals surface area (Å²) >= 11 is 11.3. The van der Waals surface area contributed by atoms with E-state index in [-0.39, 0.29) is 35.0 Å². The van der Waals surface area contributed by atoms with Crippen LogP contribution in [-0.4, -0.2) is 33.2 Å². The van der Waals surface area contributed by atoms with Gasteiger partial charge in [0.1, 0.15) is 6.20 Å². The summed E-state index contributed by atoms with van der Waals surface area (Å²) < 4.78 is 0. The highest BCUT2D eigenvalue weighted by Gasteiger charge is 2.35. The van der Waals surface area contributed by atoms with Crippen LogP contribution in [0.2, 0.25) is 5.28 Å². The average molecular weight is 291 g/mol. The van der Waals surface area contributed by atoms with Gasteiger partial charge >= 0.3 is 5.69 Å². The number of anilines is 1. The van der Waals surface area contributed by atoms with Gasteiger partial charge in [-0.3, -0.25) is 19.8 Å². The van der Waals surface area contributed by atoms with Crippen LogP contribution in [0.15, 0.2) is 6.20 Å². The van der Waals surface area contributed by atoms with Crippen molar-refractivity contribution in [2.24, 2.45) is 5.92 Å². The van der Waals surface area contributed by atoms with Crippen molar-refractivity contribution in [3.05, 3.63) is 21.6 Å². The standard InChI is InChI=1S/C9H8Cl2N4O3/c10-2-5-1-7(16)14(4-5)8-6(15(17)18)3-12-9(11)13-8/h3,5H,1-2,4H2. The first kappa shape index (κ1) is 13.0. The summed E-state index contributed by atoms with van der Waals surface area (Å²) in [4.78, 5) is 30.5. The Hall–Kier alpha value is -1.47. The second-order valence-corrected chi connectivity index (χ2v) is 4.48. The monoisotopic (exact) mass is 290 g/mol. The van der Waals surface area contributed by atoms with Gasteiger partial charge in [-0.25, -0.2) is 4.98 Å². The number of hydrogen-bond acceptors (Lipinski definition) is 5. The Bertz CT molecular complexity index is 511. The molecule has 2 heterocycles. The number of hydrogen-bond donors (Lipinski definition) is 0. The molecule has 2 rings (SSSR count). The summed E-state index contributed by atoms with van der Waals surface area (Å²) in [5.41, 5.74) is -0.344. The highest BCUT2D eigenvalue weighted by Crippen LogP contribution is 2.31. The second-order valence-electron chi connectivity index (χ2n) is 3.83. The van der Waals surface area contributed by atoms with Crippen LogP contribution < -0.4 is 4.90 Å². The zero-order valence-corrected chi connectivity index (χ0v) is 10.6. The number of nitrogens with zero attached hydrogens (tertiary/aromatic N) is 4. The highest BCUT2D eigenvalue weighted by molar-refractivity contribution is 6.28. The van der Waals surface area contributed by atoms with Gasteiger partial charge in [0.2, 0.25) is 17.0 Å². The predicted molar refractivity (Wildman–Crippen MR) is 64.9 cm³/mol. The van der Waals surface area contributed by atoms with Crippen molar-refractivity contribution >= 4 is 40.6 Å². The third-order valence-electron chi connectivity index (χ3n) is 2.60. The highest BCUT2D eigenvalue weighted by atomic mass is 35.5. The van der Waals surface area contributed by atoms with Crippen LogP contribution in [0.1, 0.15) is 6.42 Å². The van der Waals surface area contributed by atoms with E-state index in [0.29, 0.717) is 12.4 Å². The number of aromatic nitrogens is 2. The number of rotatable bonds is 3. The fraction of sp³-hybridized carbons (Fsp3) is 0.444. The second kappa shape index (κ2) is 5.03. The molecule has 0 aromatic carbocycles. The Kier molecular flexibility index (Phi) is 3.63. The molecule has 1 aromatic rings. The summed E-state index contributed by atoms with van der Waals surface area (Å²) in [6.45, 7) is 0.302. The van der Waals surface area contributed by atoms with Gasteiger partial charge in [-0.2, -0.15) is 4.98 Å². The predicted octanol–water partition coefficient (Wildman–Crippen LogP) is 1.63. The molecule has 0 aliphatic carbocycles. The van der Waals surface area contributed by atoms with Crippen molar-refractivity contribution in [2.45, 2.75) is 6.42 Å². The molecule has 9 heteroatoms. The van der Waals surface area contributed by atoms with E-state index in [9.17, 15) is 14.9 Å². The van der Waals surface area contributed by atoms with E-state index in [4.69, 9.17) is 23.2 Å². The summed E-state index contributed by atoms with van der Waals surface area (Å²) in [7, 11) is 0. The Morgan fingerprint density at radius 2 is 2.33 bits per heavy atom. The molecule has 0 radical (unpaired) electrons. The number of amides is 1. The van der Waals surface area contributed by atoms with Crippen molar-refractivity contribution in [3.8, 4) is 0 Å². The summed E-state index contributed by atoms with van der Waals surface area (Å²) in [5, 5.41) is 10.7. The Balaban J connectivity index is 2.41. The van der Waals surface area contributed by atoms with Crippen molar-refractivity contribution in [3.63, 3.8) is 0 Å². The fourth-order valence-corrected chi connectivity index (χ4v) is 2.10. The van der Waals surface area contributed by atoms with E-state index in [0.717, 1.165) is 6.20 Å². The van der Waals surface area contributed by atoms with E-state index in [1.54, 1.807) is 0 Å². The SMILES string of the molecule is O=C1CC(CCl)CN1c1nc(Cl)ncc1[N+](=O)[O-]. The van der Waals surface area contributed by atoms with Gasteiger partial charge < -0.3 is 0 Å². The number of alkyl halides is 1. The molecule has 0 bridgehead atoms. The van der Waals surface area contributed by atoms with Crippen molar-refractivity contribution in [1.29, 1.82) is 0 Å². The number of nitro groups is 1. The van der Waals surface area contributed by atoms with Crippen LogP contribution >= 0.6 is 23.2 Å². The zero-order valence-electron chi connectivity index (χ0n) is 9.05. The van der Waals surface area contributed by atoms with Crippen LogP contribution in [-0.2, 0) is 4.79 Å². The molecule has 0 saturated carbocycles. The van der Waals surface area contributed by atoms with Crippen LogP contribution in [0.25, 0.3) is 0 Å². The molecule has 7 nitrogen and oxygen atoms in total. The largest absolute Gasteiger partial charge is 0.330 e. The maximum atomic E-state index is 11.8. The van der Waals surface area contributed by atoms with Gasteiger partial charge in [-0.15, -0.1) is 11.6 Å². The van der Waals surface area contributed by atoms with E-state index in [2.05, 4.69) is 9.97 Å². The van der Waals surface area contributed by atoms with Gasteiger partial charge in [0.15, 0.2) is 0 Å². The van der Waals surface area contributed by atoms with Gasteiger partial charge in [0.25, 0.3) is 0 Å². The smallest absolute Gasteiger partial charge is 0.291 e. The Morgan fingerprint density at radius 3 is 2.89 bits per heavy atom. The zero-order chi connectivity index (χ0) is 13.3. The number of carbonyl (C=O) groups is 1. The first-order valence-electron chi connectivity index (χ1n) is 5.06. The van der Waals surface area contributed by atoms with Crippen LogP contribution in [0.3, 0.4) is 0 Å². The van der Waals surface area contributed by atoms with E-state index < -0.39 is 4.92 Å². The van der Waals surface area contributed by atoms with E-state index in [1.807, 2.05) is 0 Å². The van der Waals surface area contributed by atoms with Gasteiger partial charge in [0, 0.05) is 18.8 Å². The van der Waals surface area contributed by atoms with Gasteiger partial charge in [0.05, 0.1) is 4.92 Å². The van der Waals surface area contributed by atoms with E-state index in [1.165, 1.54) is 4.90 Å². The fourth-order valence-electron chi connectivity index (χ4n) is 1.76. The van der Waals surface area contributed by atoms with Crippen LogP contribution in [0, 0.1) is 16.0 Å². The van der Waals surface area contributed by atoms with Crippen LogP contribution in [0.4, 0.5) is 11.5 Å². The molecule has 1 aliphatic rings. The third-order valence-corrected chi connectivity index (χ3v) is 3.21. The minimum absolute atomic E-state index is 0.0347. The van der Waals surface area contributed by atoms with E-state index >= 15 is 0 Å². The minimum atomic E-state index is -0.646. The lowest BCUT2D eigenvalue weighted by atomic mass is 10.1. The van der Waals surface area contributed by atoms with Gasteiger partial charge in [-0.1, -0.05) is 0 Å². The Morgan fingerprint density at radius 1 is 1.61 bits per heavy atom. The first-order chi connectivity index (χ1) is 8.52. The molecule has 96 valence electrons. The summed E-state index contributed by atoms with van der Waals surface area (Å²) in [5.74, 6) is -0.0434. The minimum Gasteiger partial charge on any atom is -0.291 e. The molecule has 1 fully saturated rings. The molecular formula is C9H8Cl2N4O3. The average Bonchev–Trinajstić information content (AvgIpc) is 2.70. The molecule has 1 aliphatic heterocycles. The molecule has 1 aromatic heterocycles. The Labute approximate surface area is 112 Å². The molecular weight excluding hydrogens is 283 g/mol. The molecule has 0 N–H and O–H groups in total. The molecule has 18 heavy (non-hydrogen) atoms. The van der Waals surface area contributed by atoms with Crippen molar-refractivity contribution < 1.29 is 9.72 Å². The lowest BCUT2D eigenvalue weighted by Crippen LogP contribution is -2.26. The lowest BCUT2D eigenvalue weighted by Gasteiger charge is -2.14. The summed E-state index contributed by atoms with van der Waals surface area (Å²) in [6, 6.07) is 0. The first-order valence-corrected chi connectivity index (χ1v) is 5.97. The number of halogens is 2. The molecule has 0 spiro atoms. The van der Waals surface area contributed by atoms with Crippen LogP contribution in [0.5, 0.6) is 0 Å². The molecule has 1 saturated heterocycles. The normalized spacial score (nSPS) is 19.3. The number of carbonyl (C=O) groups excluding carboxylic acids is 1. The van der Waals surface area contributed by atoms with Crippen molar-refractivity contribution in [1.82, 2.24) is 9.97 Å². The summed E-state index contributed by atoms with van der Waals surface area (Å²) in [6.07, 6.45) is 1.24. The molecule has 1 atom stereocenters. The maximum Gasteiger partial charge on any atom is 0.330 e. The molecule has 1 unspecified atom stereocenters. The lowest BCUT2D eigenvalue weighted by molar-refractivity contribution is -0.384. The maximum absolute atomic E-state index is 11.8. The third kappa shape index (κ3) is 2.37. The molecule has 1 amide bonds. The quantitative estimate of drug-likeness (QED) is 0.365.